The third-order valence-electron chi connectivity index (χ3n) is 3.68. The van der Waals surface area contributed by atoms with Crippen LogP contribution in [0, 0.1) is 5.92 Å². The molecule has 5 heteroatoms. The van der Waals surface area contributed by atoms with Crippen LogP contribution in [0.1, 0.15) is 47.0 Å². The van der Waals surface area contributed by atoms with E-state index in [9.17, 15) is 14.7 Å². The molecule has 110 valence electrons. The summed E-state index contributed by atoms with van der Waals surface area (Å²) in [5.74, 6) is -0.354. The van der Waals surface area contributed by atoms with Crippen molar-refractivity contribution in [3.05, 3.63) is 0 Å². The zero-order valence-electron chi connectivity index (χ0n) is 12.5. The maximum atomic E-state index is 12.6. The van der Waals surface area contributed by atoms with E-state index in [4.69, 9.17) is 0 Å². The molecule has 1 saturated carbocycles. The number of nitrogens with zero attached hydrogens (tertiary/aromatic N) is 2. The van der Waals surface area contributed by atoms with Gasteiger partial charge in [0.25, 0.3) is 0 Å². The molecule has 0 unspecified atom stereocenters. The highest BCUT2D eigenvalue weighted by molar-refractivity contribution is 5.85. The fraction of sp³-hybridized carbons (Fsp3) is 0.857. The molecule has 5 nitrogen and oxygen atoms in total. The number of carbonyl (C=O) groups excluding carboxylic acids is 1. The Kier molecular flexibility index (Phi) is 5.20. The number of rotatable bonds is 7. The van der Waals surface area contributed by atoms with Crippen molar-refractivity contribution in [3.63, 3.8) is 0 Å². The minimum Gasteiger partial charge on any atom is -0.480 e. The molecule has 0 spiro atoms. The van der Waals surface area contributed by atoms with Crippen molar-refractivity contribution in [2.24, 2.45) is 5.92 Å². The van der Waals surface area contributed by atoms with Gasteiger partial charge in [0.15, 0.2) is 0 Å². The maximum absolute atomic E-state index is 12.6. The first-order valence-corrected chi connectivity index (χ1v) is 7.14. The zero-order chi connectivity index (χ0) is 14.6. The van der Waals surface area contributed by atoms with E-state index < -0.39 is 11.5 Å². The molecule has 1 aliphatic carbocycles. The second-order valence-corrected chi connectivity index (χ2v) is 5.78. The number of carboxylic acid groups (broad SMARTS) is 1. The summed E-state index contributed by atoms with van der Waals surface area (Å²) in [4.78, 5) is 27.2. The third-order valence-corrected chi connectivity index (χ3v) is 3.68. The molecule has 2 amide bonds. The van der Waals surface area contributed by atoms with Crippen LogP contribution in [-0.2, 0) is 4.79 Å². The summed E-state index contributed by atoms with van der Waals surface area (Å²) in [6.07, 6.45) is 3.26. The number of urea groups is 1. The van der Waals surface area contributed by atoms with Crippen LogP contribution < -0.4 is 0 Å². The largest absolute Gasteiger partial charge is 0.480 e. The highest BCUT2D eigenvalue weighted by atomic mass is 16.4. The van der Waals surface area contributed by atoms with E-state index in [0.717, 1.165) is 13.0 Å². The molecule has 0 aromatic rings. The molecule has 1 fully saturated rings. The molecule has 0 radical (unpaired) electrons. The van der Waals surface area contributed by atoms with E-state index in [1.54, 1.807) is 13.8 Å². The summed E-state index contributed by atoms with van der Waals surface area (Å²) >= 11 is 0. The van der Waals surface area contributed by atoms with Gasteiger partial charge in [-0.1, -0.05) is 6.92 Å². The quantitative estimate of drug-likeness (QED) is 0.772. The van der Waals surface area contributed by atoms with E-state index in [1.165, 1.54) is 17.7 Å². The lowest BCUT2D eigenvalue weighted by Crippen LogP contribution is -2.57. The van der Waals surface area contributed by atoms with Gasteiger partial charge in [-0.25, -0.2) is 9.59 Å². The molecule has 1 N–H and O–H groups in total. The number of hydrogen-bond donors (Lipinski definition) is 1. The van der Waals surface area contributed by atoms with Gasteiger partial charge in [0, 0.05) is 19.6 Å². The highest BCUT2D eigenvalue weighted by Crippen LogP contribution is 2.30. The number of hydrogen-bond acceptors (Lipinski definition) is 2. The lowest BCUT2D eigenvalue weighted by Gasteiger charge is -2.38. The monoisotopic (exact) mass is 270 g/mol. The molecular weight excluding hydrogens is 244 g/mol. The van der Waals surface area contributed by atoms with Gasteiger partial charge >= 0.3 is 12.0 Å². The lowest BCUT2D eigenvalue weighted by atomic mass is 10.0. The van der Waals surface area contributed by atoms with E-state index >= 15 is 0 Å². The van der Waals surface area contributed by atoms with Crippen molar-refractivity contribution in [1.82, 2.24) is 9.80 Å². The van der Waals surface area contributed by atoms with E-state index in [0.29, 0.717) is 19.0 Å². The lowest BCUT2D eigenvalue weighted by molar-refractivity contribution is -0.147. The molecule has 0 heterocycles. The van der Waals surface area contributed by atoms with Gasteiger partial charge in [-0.15, -0.1) is 0 Å². The Bertz CT molecular complexity index is 338. The van der Waals surface area contributed by atoms with Gasteiger partial charge in [0.2, 0.25) is 0 Å². The normalized spacial score (nSPS) is 15.2. The predicted molar refractivity (Wildman–Crippen MR) is 74.1 cm³/mol. The second kappa shape index (κ2) is 6.26. The first-order chi connectivity index (χ1) is 8.84. The summed E-state index contributed by atoms with van der Waals surface area (Å²) in [6.45, 7) is 8.88. The van der Waals surface area contributed by atoms with Crippen molar-refractivity contribution >= 4 is 12.0 Å². The number of likely N-dealkylation sites (N-methyl/N-ethyl adjacent to an activating group) is 1. The van der Waals surface area contributed by atoms with Crippen LogP contribution in [0.4, 0.5) is 4.79 Å². The standard InChI is InChI=1S/C14H26N2O3/c1-5-9-15(10-11-7-8-11)13(19)16(6-2)14(3,4)12(17)18/h11H,5-10H2,1-4H3,(H,17,18). The van der Waals surface area contributed by atoms with Gasteiger partial charge in [-0.3, -0.25) is 0 Å². The maximum Gasteiger partial charge on any atom is 0.329 e. The summed E-state index contributed by atoms with van der Waals surface area (Å²) in [7, 11) is 0. The topological polar surface area (TPSA) is 60.9 Å². The Morgan fingerprint density at radius 1 is 1.26 bits per heavy atom. The van der Waals surface area contributed by atoms with Crippen molar-refractivity contribution in [2.75, 3.05) is 19.6 Å². The van der Waals surface area contributed by atoms with E-state index in [-0.39, 0.29) is 6.03 Å². The molecule has 1 rings (SSSR count). The smallest absolute Gasteiger partial charge is 0.329 e. The SMILES string of the molecule is CCCN(CC1CC1)C(=O)N(CC)C(C)(C)C(=O)O. The Labute approximate surface area is 115 Å². The number of carboxylic acids is 1. The fourth-order valence-electron chi connectivity index (χ4n) is 2.20. The van der Waals surface area contributed by atoms with Gasteiger partial charge < -0.3 is 14.9 Å². The van der Waals surface area contributed by atoms with Crippen LogP contribution >= 0.6 is 0 Å². The molecule has 0 aromatic heterocycles. The van der Waals surface area contributed by atoms with Gasteiger partial charge in [0.05, 0.1) is 0 Å². The summed E-state index contributed by atoms with van der Waals surface area (Å²) in [5.41, 5.74) is -1.17. The second-order valence-electron chi connectivity index (χ2n) is 5.78. The number of amides is 2. The first kappa shape index (κ1) is 15.8. The van der Waals surface area contributed by atoms with Crippen LogP contribution in [0.15, 0.2) is 0 Å². The Balaban J connectivity index is 2.81. The molecular formula is C14H26N2O3. The van der Waals surface area contributed by atoms with E-state index in [1.807, 2.05) is 18.7 Å². The molecule has 1 aliphatic rings. The molecule has 0 saturated heterocycles. The molecule has 0 aromatic carbocycles. The van der Waals surface area contributed by atoms with Crippen LogP contribution in [-0.4, -0.2) is 52.1 Å². The van der Waals surface area contributed by atoms with Crippen LogP contribution in [0.25, 0.3) is 0 Å². The summed E-state index contributed by atoms with van der Waals surface area (Å²) in [6, 6.07) is -0.149. The van der Waals surface area contributed by atoms with E-state index in [2.05, 4.69) is 0 Å². The van der Waals surface area contributed by atoms with Crippen LogP contribution in [0.3, 0.4) is 0 Å². The third kappa shape index (κ3) is 3.85. The summed E-state index contributed by atoms with van der Waals surface area (Å²) < 4.78 is 0. The van der Waals surface area contributed by atoms with Gasteiger partial charge in [-0.05, 0) is 46.0 Å². The fourth-order valence-corrected chi connectivity index (χ4v) is 2.20. The van der Waals surface area contributed by atoms with Crippen molar-refractivity contribution in [1.29, 1.82) is 0 Å². The average molecular weight is 270 g/mol. The van der Waals surface area contributed by atoms with Gasteiger partial charge in [0.1, 0.15) is 5.54 Å². The van der Waals surface area contributed by atoms with Crippen molar-refractivity contribution in [3.8, 4) is 0 Å². The highest BCUT2D eigenvalue weighted by Gasteiger charge is 2.39. The summed E-state index contributed by atoms with van der Waals surface area (Å²) in [5, 5.41) is 9.29. The zero-order valence-corrected chi connectivity index (χ0v) is 12.5. The minimum absolute atomic E-state index is 0.149. The minimum atomic E-state index is -1.17. The average Bonchev–Trinajstić information content (AvgIpc) is 3.12. The Morgan fingerprint density at radius 2 is 1.84 bits per heavy atom. The van der Waals surface area contributed by atoms with Crippen LogP contribution in [0.5, 0.6) is 0 Å². The van der Waals surface area contributed by atoms with Gasteiger partial charge in [-0.2, -0.15) is 0 Å². The van der Waals surface area contributed by atoms with Crippen LogP contribution in [0.2, 0.25) is 0 Å². The van der Waals surface area contributed by atoms with Crippen molar-refractivity contribution in [2.45, 2.75) is 52.5 Å². The number of carbonyl (C=O) groups is 2. The predicted octanol–water partition coefficient (Wildman–Crippen LogP) is 2.41. The Hall–Kier alpha value is -1.26. The molecule has 0 aliphatic heterocycles. The Morgan fingerprint density at radius 3 is 2.21 bits per heavy atom. The molecule has 0 bridgehead atoms. The van der Waals surface area contributed by atoms with Crippen molar-refractivity contribution < 1.29 is 14.7 Å². The number of aliphatic carboxylic acids is 1. The molecule has 19 heavy (non-hydrogen) atoms. The first-order valence-electron chi connectivity index (χ1n) is 7.14. The molecule has 0 atom stereocenters.